The third kappa shape index (κ3) is 3.06. The van der Waals surface area contributed by atoms with Crippen molar-refractivity contribution < 1.29 is 14.8 Å². The van der Waals surface area contributed by atoms with E-state index >= 15 is 0 Å². The Morgan fingerprint density at radius 1 is 1.60 bits per heavy atom. The Labute approximate surface area is 123 Å². The summed E-state index contributed by atoms with van der Waals surface area (Å²) in [6.45, 7) is 3.04. The first-order chi connectivity index (χ1) is 9.38. The van der Waals surface area contributed by atoms with Crippen LogP contribution in [-0.2, 0) is 4.79 Å². The molecule has 20 heavy (non-hydrogen) atoms. The summed E-state index contributed by atoms with van der Waals surface area (Å²) < 4.78 is 0.505. The summed E-state index contributed by atoms with van der Waals surface area (Å²) in [7, 11) is 0. The molecule has 1 aromatic heterocycles. The fraction of sp³-hybridized carbons (Fsp3) is 0.500. The SMILES string of the molecule is CC1CC(C(=O)O)CN(c2ncc([N+](=O)[O-])cc2Br)C1. The van der Waals surface area contributed by atoms with E-state index in [0.717, 1.165) is 0 Å². The van der Waals surface area contributed by atoms with Crippen molar-refractivity contribution in [2.45, 2.75) is 13.3 Å². The molecule has 1 saturated heterocycles. The maximum Gasteiger partial charge on any atom is 0.308 e. The number of halogens is 1. The molecular weight excluding hydrogens is 330 g/mol. The van der Waals surface area contributed by atoms with Gasteiger partial charge in [0.15, 0.2) is 0 Å². The quantitative estimate of drug-likeness (QED) is 0.668. The van der Waals surface area contributed by atoms with Crippen LogP contribution < -0.4 is 4.90 Å². The highest BCUT2D eigenvalue weighted by Crippen LogP contribution is 2.32. The number of rotatable bonds is 3. The zero-order valence-electron chi connectivity index (χ0n) is 10.8. The van der Waals surface area contributed by atoms with E-state index in [9.17, 15) is 14.9 Å². The van der Waals surface area contributed by atoms with Gasteiger partial charge in [0.2, 0.25) is 0 Å². The number of anilines is 1. The number of nitro groups is 1. The first-order valence-corrected chi connectivity index (χ1v) is 6.95. The van der Waals surface area contributed by atoms with Gasteiger partial charge in [0, 0.05) is 19.2 Å². The summed E-state index contributed by atoms with van der Waals surface area (Å²) in [5.41, 5.74) is -0.0968. The van der Waals surface area contributed by atoms with E-state index in [1.54, 1.807) is 0 Å². The topological polar surface area (TPSA) is 96.6 Å². The molecule has 0 bridgehead atoms. The number of carbonyl (C=O) groups is 1. The lowest BCUT2D eigenvalue weighted by molar-refractivity contribution is -0.385. The largest absolute Gasteiger partial charge is 0.481 e. The predicted octanol–water partition coefficient (Wildman–Crippen LogP) is 2.30. The van der Waals surface area contributed by atoms with Gasteiger partial charge in [-0.15, -0.1) is 0 Å². The average Bonchev–Trinajstić information content (AvgIpc) is 2.37. The molecule has 2 atom stereocenters. The first-order valence-electron chi connectivity index (χ1n) is 6.16. The molecule has 8 heteroatoms. The van der Waals surface area contributed by atoms with E-state index < -0.39 is 16.8 Å². The van der Waals surface area contributed by atoms with Crippen LogP contribution in [0.5, 0.6) is 0 Å². The average molecular weight is 344 g/mol. The Hall–Kier alpha value is -1.70. The van der Waals surface area contributed by atoms with Crippen molar-refractivity contribution in [1.82, 2.24) is 4.98 Å². The molecule has 2 heterocycles. The van der Waals surface area contributed by atoms with Gasteiger partial charge in [0.05, 0.1) is 15.3 Å². The van der Waals surface area contributed by atoms with Crippen LogP contribution in [0.4, 0.5) is 11.5 Å². The van der Waals surface area contributed by atoms with Crippen LogP contribution in [0.25, 0.3) is 0 Å². The van der Waals surface area contributed by atoms with Crippen LogP contribution >= 0.6 is 15.9 Å². The molecule has 2 rings (SSSR count). The number of hydrogen-bond acceptors (Lipinski definition) is 5. The second-order valence-corrected chi connectivity index (χ2v) is 5.89. The van der Waals surface area contributed by atoms with Crippen molar-refractivity contribution in [1.29, 1.82) is 0 Å². The molecule has 0 saturated carbocycles. The molecule has 2 unspecified atom stereocenters. The predicted molar refractivity (Wildman–Crippen MR) is 75.7 cm³/mol. The molecule has 0 amide bonds. The van der Waals surface area contributed by atoms with Crippen molar-refractivity contribution in [3.63, 3.8) is 0 Å². The minimum atomic E-state index is -0.820. The zero-order chi connectivity index (χ0) is 14.9. The van der Waals surface area contributed by atoms with E-state index in [-0.39, 0.29) is 11.6 Å². The van der Waals surface area contributed by atoms with Crippen LogP contribution in [0.3, 0.4) is 0 Å². The standard InChI is InChI=1S/C12H14BrN3O4/c1-7-2-8(12(17)18)6-15(5-7)11-10(13)3-9(4-14-11)16(19)20/h3-4,7-8H,2,5-6H2,1H3,(H,17,18). The number of pyridine rings is 1. The number of nitrogens with zero attached hydrogens (tertiary/aromatic N) is 3. The van der Waals surface area contributed by atoms with E-state index in [2.05, 4.69) is 20.9 Å². The third-order valence-electron chi connectivity index (χ3n) is 3.33. The molecule has 1 fully saturated rings. The maximum atomic E-state index is 11.2. The van der Waals surface area contributed by atoms with Gasteiger partial charge in [-0.1, -0.05) is 6.92 Å². The number of aromatic nitrogens is 1. The smallest absolute Gasteiger partial charge is 0.308 e. The van der Waals surface area contributed by atoms with Crippen molar-refractivity contribution in [2.75, 3.05) is 18.0 Å². The monoisotopic (exact) mass is 343 g/mol. The summed E-state index contributed by atoms with van der Waals surface area (Å²) in [6, 6.07) is 1.39. The van der Waals surface area contributed by atoms with Gasteiger partial charge in [-0.3, -0.25) is 14.9 Å². The minimum absolute atomic E-state index is 0.0968. The molecule has 1 N–H and O–H groups in total. The van der Waals surface area contributed by atoms with Crippen molar-refractivity contribution in [3.8, 4) is 0 Å². The highest BCUT2D eigenvalue weighted by atomic mass is 79.9. The van der Waals surface area contributed by atoms with E-state index in [1.807, 2.05) is 11.8 Å². The highest BCUT2D eigenvalue weighted by molar-refractivity contribution is 9.10. The summed E-state index contributed by atoms with van der Waals surface area (Å²) in [5, 5.41) is 19.8. The van der Waals surface area contributed by atoms with Crippen LogP contribution in [0.1, 0.15) is 13.3 Å². The van der Waals surface area contributed by atoms with Crippen molar-refractivity contribution >= 4 is 33.4 Å². The Bertz CT molecular complexity index is 552. The second kappa shape index (κ2) is 5.74. The molecule has 1 aliphatic rings. The van der Waals surface area contributed by atoms with Gasteiger partial charge in [-0.05, 0) is 28.3 Å². The molecule has 0 radical (unpaired) electrons. The van der Waals surface area contributed by atoms with Gasteiger partial charge in [0.25, 0.3) is 5.69 Å². The van der Waals surface area contributed by atoms with E-state index in [4.69, 9.17) is 5.11 Å². The van der Waals surface area contributed by atoms with Gasteiger partial charge >= 0.3 is 5.97 Å². The van der Waals surface area contributed by atoms with Gasteiger partial charge < -0.3 is 10.0 Å². The van der Waals surface area contributed by atoms with Gasteiger partial charge in [-0.2, -0.15) is 0 Å². The Morgan fingerprint density at radius 2 is 2.30 bits per heavy atom. The number of aliphatic carboxylic acids is 1. The summed E-state index contributed by atoms with van der Waals surface area (Å²) in [4.78, 5) is 27.3. The number of carboxylic acids is 1. The summed E-state index contributed by atoms with van der Waals surface area (Å²) in [5.74, 6) is -0.482. The van der Waals surface area contributed by atoms with Crippen LogP contribution in [0.2, 0.25) is 0 Å². The van der Waals surface area contributed by atoms with Crippen molar-refractivity contribution in [3.05, 3.63) is 26.9 Å². The fourth-order valence-corrected chi connectivity index (χ4v) is 3.04. The lowest BCUT2D eigenvalue weighted by Crippen LogP contribution is -2.43. The van der Waals surface area contributed by atoms with Gasteiger partial charge in [-0.25, -0.2) is 4.98 Å². The van der Waals surface area contributed by atoms with Crippen LogP contribution in [0.15, 0.2) is 16.7 Å². The van der Waals surface area contributed by atoms with E-state index in [0.29, 0.717) is 29.8 Å². The molecule has 0 spiro atoms. The number of hydrogen-bond donors (Lipinski definition) is 1. The summed E-state index contributed by atoms with van der Waals surface area (Å²) >= 11 is 3.27. The fourth-order valence-electron chi connectivity index (χ4n) is 2.46. The normalized spacial score (nSPS) is 22.6. The zero-order valence-corrected chi connectivity index (χ0v) is 12.4. The Morgan fingerprint density at radius 3 is 2.85 bits per heavy atom. The molecular formula is C12H14BrN3O4. The first kappa shape index (κ1) is 14.7. The van der Waals surface area contributed by atoms with Gasteiger partial charge in [0.1, 0.15) is 12.0 Å². The third-order valence-corrected chi connectivity index (χ3v) is 3.91. The van der Waals surface area contributed by atoms with Crippen LogP contribution in [-0.4, -0.2) is 34.1 Å². The van der Waals surface area contributed by atoms with Crippen molar-refractivity contribution in [2.24, 2.45) is 11.8 Å². The molecule has 1 aromatic rings. The summed E-state index contributed by atoms with van der Waals surface area (Å²) in [6.07, 6.45) is 1.82. The molecule has 7 nitrogen and oxygen atoms in total. The maximum absolute atomic E-state index is 11.2. The molecule has 1 aliphatic heterocycles. The minimum Gasteiger partial charge on any atom is -0.481 e. The molecule has 108 valence electrons. The van der Waals surface area contributed by atoms with E-state index in [1.165, 1.54) is 12.3 Å². The highest BCUT2D eigenvalue weighted by Gasteiger charge is 2.31. The lowest BCUT2D eigenvalue weighted by atomic mass is 9.90. The molecule has 0 aliphatic carbocycles. The lowest BCUT2D eigenvalue weighted by Gasteiger charge is -2.35. The molecule has 0 aromatic carbocycles. The number of carboxylic acid groups (broad SMARTS) is 1. The Balaban J connectivity index is 2.26. The van der Waals surface area contributed by atoms with Crippen LogP contribution in [0, 0.1) is 22.0 Å². The number of piperidine rings is 1. The Kier molecular flexibility index (Phi) is 4.22. The second-order valence-electron chi connectivity index (χ2n) is 5.04.